The highest BCUT2D eigenvalue weighted by atomic mass is 16.3. The summed E-state index contributed by atoms with van der Waals surface area (Å²) in [6.45, 7) is -0.321. The van der Waals surface area contributed by atoms with Gasteiger partial charge in [0.15, 0.2) is 0 Å². The van der Waals surface area contributed by atoms with Gasteiger partial charge >= 0.3 is 0 Å². The highest BCUT2D eigenvalue weighted by molar-refractivity contribution is 4.98. The first-order chi connectivity index (χ1) is 4.84. The second-order valence-corrected chi connectivity index (χ2v) is 1.83. The number of aromatic nitrogens is 2. The van der Waals surface area contributed by atoms with Crippen molar-refractivity contribution in [2.24, 2.45) is 0 Å². The van der Waals surface area contributed by atoms with E-state index in [9.17, 15) is 0 Å². The van der Waals surface area contributed by atoms with E-state index in [1.807, 2.05) is 0 Å². The molecule has 0 saturated carbocycles. The molecule has 1 aromatic rings. The molecule has 0 unspecified atom stereocenters. The molecule has 0 fully saturated rings. The first-order valence-corrected chi connectivity index (χ1v) is 2.89. The fourth-order valence-corrected chi connectivity index (χ4v) is 0.576. The van der Waals surface area contributed by atoms with Crippen LogP contribution in [0.3, 0.4) is 0 Å². The Labute approximate surface area is 58.2 Å². The summed E-state index contributed by atoms with van der Waals surface area (Å²) < 4.78 is 0. The zero-order valence-corrected chi connectivity index (χ0v) is 5.31. The molecule has 54 valence electrons. The molecule has 0 amide bonds. The van der Waals surface area contributed by atoms with Crippen LogP contribution in [0, 0.1) is 0 Å². The Morgan fingerprint density at radius 3 is 2.80 bits per heavy atom. The molecule has 4 nitrogen and oxygen atoms in total. The maximum absolute atomic E-state index is 8.98. The Bertz CT molecular complexity index is 190. The number of nitrogens with zero attached hydrogens (tertiary/aromatic N) is 2. The van der Waals surface area contributed by atoms with Crippen LogP contribution >= 0.6 is 0 Å². The molecule has 1 heterocycles. The van der Waals surface area contributed by atoms with Crippen LogP contribution in [0.15, 0.2) is 18.6 Å². The fraction of sp³-hybridized carbons (Fsp3) is 0.333. The number of aliphatic hydroxyl groups excluding tert-OH is 2. The molecular weight excluding hydrogens is 132 g/mol. The van der Waals surface area contributed by atoms with E-state index >= 15 is 0 Å². The van der Waals surface area contributed by atoms with Crippen molar-refractivity contribution in [3.05, 3.63) is 24.3 Å². The van der Waals surface area contributed by atoms with Crippen molar-refractivity contribution >= 4 is 0 Å². The Hall–Kier alpha value is -1.00. The van der Waals surface area contributed by atoms with Crippen molar-refractivity contribution in [1.82, 2.24) is 9.97 Å². The Morgan fingerprint density at radius 2 is 2.30 bits per heavy atom. The second kappa shape index (κ2) is 3.24. The molecule has 1 rings (SSSR count). The largest absolute Gasteiger partial charge is 0.393 e. The average molecular weight is 140 g/mol. The Morgan fingerprint density at radius 1 is 1.50 bits per heavy atom. The molecule has 0 aliphatic heterocycles. The van der Waals surface area contributed by atoms with E-state index in [-0.39, 0.29) is 6.61 Å². The zero-order chi connectivity index (χ0) is 7.40. The van der Waals surface area contributed by atoms with Gasteiger partial charge in [-0.15, -0.1) is 0 Å². The summed E-state index contributed by atoms with van der Waals surface area (Å²) in [6.07, 6.45) is 3.48. The van der Waals surface area contributed by atoms with Crippen molar-refractivity contribution in [1.29, 1.82) is 0 Å². The number of rotatable bonds is 2. The topological polar surface area (TPSA) is 66.2 Å². The lowest BCUT2D eigenvalue weighted by molar-refractivity contribution is 0.0919. The average Bonchev–Trinajstić information content (AvgIpc) is 2.05. The first-order valence-electron chi connectivity index (χ1n) is 2.89. The van der Waals surface area contributed by atoms with Crippen molar-refractivity contribution in [2.45, 2.75) is 6.10 Å². The highest BCUT2D eigenvalue weighted by Crippen LogP contribution is 2.04. The van der Waals surface area contributed by atoms with E-state index < -0.39 is 6.10 Å². The first kappa shape index (κ1) is 7.11. The number of aliphatic hydroxyl groups is 2. The summed E-state index contributed by atoms with van der Waals surface area (Å²) in [5.41, 5.74) is 0.394. The van der Waals surface area contributed by atoms with E-state index in [1.165, 1.54) is 18.6 Å². The molecule has 0 aliphatic rings. The summed E-state index contributed by atoms with van der Waals surface area (Å²) in [5, 5.41) is 17.4. The summed E-state index contributed by atoms with van der Waals surface area (Å²) in [7, 11) is 0. The van der Waals surface area contributed by atoms with Gasteiger partial charge in [-0.2, -0.15) is 0 Å². The molecule has 1 aromatic heterocycles. The SMILES string of the molecule is OC[C@@H](O)c1cnccn1. The zero-order valence-electron chi connectivity index (χ0n) is 5.31. The summed E-state index contributed by atoms with van der Waals surface area (Å²) in [5.74, 6) is 0. The van der Waals surface area contributed by atoms with Crippen LogP contribution in [0.1, 0.15) is 11.8 Å². The molecule has 4 heteroatoms. The molecule has 0 radical (unpaired) electrons. The summed E-state index contributed by atoms with van der Waals surface area (Å²) >= 11 is 0. The minimum absolute atomic E-state index is 0.321. The van der Waals surface area contributed by atoms with Crippen molar-refractivity contribution in [2.75, 3.05) is 6.61 Å². The Balaban J connectivity index is 2.75. The van der Waals surface area contributed by atoms with E-state index in [4.69, 9.17) is 10.2 Å². The molecule has 0 saturated heterocycles. The van der Waals surface area contributed by atoms with Gasteiger partial charge in [-0.3, -0.25) is 9.97 Å². The minimum Gasteiger partial charge on any atom is -0.393 e. The van der Waals surface area contributed by atoms with Gasteiger partial charge in [-0.25, -0.2) is 0 Å². The Kier molecular flexibility index (Phi) is 2.30. The quantitative estimate of drug-likeness (QED) is 0.581. The van der Waals surface area contributed by atoms with Crippen LogP contribution in [-0.2, 0) is 0 Å². The van der Waals surface area contributed by atoms with Gasteiger partial charge in [0, 0.05) is 12.4 Å². The van der Waals surface area contributed by atoms with E-state index in [2.05, 4.69) is 9.97 Å². The van der Waals surface area contributed by atoms with Gasteiger partial charge in [0.1, 0.15) is 6.10 Å². The molecule has 0 spiro atoms. The van der Waals surface area contributed by atoms with Gasteiger partial charge in [0.2, 0.25) is 0 Å². The van der Waals surface area contributed by atoms with E-state index in [1.54, 1.807) is 0 Å². The molecule has 0 bridgehead atoms. The highest BCUT2D eigenvalue weighted by Gasteiger charge is 2.04. The molecule has 0 aromatic carbocycles. The van der Waals surface area contributed by atoms with Crippen molar-refractivity contribution in [3.63, 3.8) is 0 Å². The van der Waals surface area contributed by atoms with Crippen LogP contribution in [0.25, 0.3) is 0 Å². The second-order valence-electron chi connectivity index (χ2n) is 1.83. The van der Waals surface area contributed by atoms with Gasteiger partial charge in [-0.05, 0) is 0 Å². The monoisotopic (exact) mass is 140 g/mol. The molecule has 10 heavy (non-hydrogen) atoms. The van der Waals surface area contributed by atoms with E-state index in [0.29, 0.717) is 5.69 Å². The van der Waals surface area contributed by atoms with Crippen LogP contribution in [0.2, 0.25) is 0 Å². The third-order valence-electron chi connectivity index (χ3n) is 1.10. The predicted molar refractivity (Wildman–Crippen MR) is 34.1 cm³/mol. The molecular formula is C6H8N2O2. The van der Waals surface area contributed by atoms with Gasteiger partial charge in [0.05, 0.1) is 18.5 Å². The summed E-state index contributed by atoms with van der Waals surface area (Å²) in [4.78, 5) is 7.50. The van der Waals surface area contributed by atoms with Gasteiger partial charge in [0.25, 0.3) is 0 Å². The maximum atomic E-state index is 8.98. The third kappa shape index (κ3) is 1.49. The van der Waals surface area contributed by atoms with E-state index in [0.717, 1.165) is 0 Å². The number of hydrogen-bond donors (Lipinski definition) is 2. The van der Waals surface area contributed by atoms with Crippen LogP contribution < -0.4 is 0 Å². The fourth-order valence-electron chi connectivity index (χ4n) is 0.576. The predicted octanol–water partition coefficient (Wildman–Crippen LogP) is -0.498. The third-order valence-corrected chi connectivity index (χ3v) is 1.10. The smallest absolute Gasteiger partial charge is 0.120 e. The molecule has 2 N–H and O–H groups in total. The van der Waals surface area contributed by atoms with Crippen LogP contribution in [0.4, 0.5) is 0 Å². The molecule has 0 aliphatic carbocycles. The maximum Gasteiger partial charge on any atom is 0.120 e. The lowest BCUT2D eigenvalue weighted by Crippen LogP contribution is -2.04. The molecule has 1 atom stereocenters. The van der Waals surface area contributed by atoms with Gasteiger partial charge in [-0.1, -0.05) is 0 Å². The van der Waals surface area contributed by atoms with Crippen molar-refractivity contribution in [3.8, 4) is 0 Å². The lowest BCUT2D eigenvalue weighted by Gasteiger charge is -2.02. The minimum atomic E-state index is -0.909. The normalized spacial score (nSPS) is 13.0. The standard InChI is InChI=1S/C6H8N2O2/c9-4-6(10)5-3-7-1-2-8-5/h1-3,6,9-10H,4H2/t6-/m1/s1. The number of hydrogen-bond acceptors (Lipinski definition) is 4. The van der Waals surface area contributed by atoms with Crippen LogP contribution in [-0.4, -0.2) is 26.8 Å². The van der Waals surface area contributed by atoms with Crippen molar-refractivity contribution < 1.29 is 10.2 Å². The van der Waals surface area contributed by atoms with Gasteiger partial charge < -0.3 is 10.2 Å². The van der Waals surface area contributed by atoms with Crippen LogP contribution in [0.5, 0.6) is 0 Å². The lowest BCUT2D eigenvalue weighted by atomic mass is 10.3. The summed E-state index contributed by atoms with van der Waals surface area (Å²) in [6, 6.07) is 0.